The van der Waals surface area contributed by atoms with Gasteiger partial charge in [-0.1, -0.05) is 36.4 Å². The predicted molar refractivity (Wildman–Crippen MR) is 99.9 cm³/mol. The van der Waals surface area contributed by atoms with Crippen LogP contribution in [-0.4, -0.2) is 44.5 Å². The highest BCUT2D eigenvalue weighted by molar-refractivity contribution is 5.80. The molecular formula is C21H23N3O2. The SMILES string of the molecule is CC(O)C(=O)N1CCC(c2ccccc2)(c2cn3ccccc3n2)CC1. The van der Waals surface area contributed by atoms with Crippen molar-refractivity contribution in [3.63, 3.8) is 0 Å². The van der Waals surface area contributed by atoms with Crippen molar-refractivity contribution in [2.45, 2.75) is 31.3 Å². The lowest BCUT2D eigenvalue weighted by Gasteiger charge is -2.41. The van der Waals surface area contributed by atoms with Gasteiger partial charge in [0.05, 0.1) is 5.69 Å². The molecule has 1 N–H and O–H groups in total. The first-order valence-electron chi connectivity index (χ1n) is 9.07. The van der Waals surface area contributed by atoms with E-state index in [9.17, 15) is 9.90 Å². The van der Waals surface area contributed by atoms with E-state index in [-0.39, 0.29) is 11.3 Å². The maximum Gasteiger partial charge on any atom is 0.251 e. The Morgan fingerprint density at radius 2 is 1.81 bits per heavy atom. The van der Waals surface area contributed by atoms with Gasteiger partial charge in [0.25, 0.3) is 5.91 Å². The fourth-order valence-electron chi connectivity index (χ4n) is 3.99. The van der Waals surface area contributed by atoms with Gasteiger partial charge in [0.1, 0.15) is 11.8 Å². The van der Waals surface area contributed by atoms with Crippen molar-refractivity contribution in [3.8, 4) is 0 Å². The Balaban J connectivity index is 1.74. The van der Waals surface area contributed by atoms with E-state index in [2.05, 4.69) is 30.5 Å². The molecule has 1 aliphatic rings. The van der Waals surface area contributed by atoms with Crippen LogP contribution < -0.4 is 0 Å². The summed E-state index contributed by atoms with van der Waals surface area (Å²) in [7, 11) is 0. The van der Waals surface area contributed by atoms with Crippen molar-refractivity contribution in [1.29, 1.82) is 0 Å². The predicted octanol–water partition coefficient (Wildman–Crippen LogP) is 2.62. The molecule has 1 saturated heterocycles. The van der Waals surface area contributed by atoms with E-state index in [1.807, 2.05) is 34.9 Å². The molecule has 3 heterocycles. The summed E-state index contributed by atoms with van der Waals surface area (Å²) in [6.07, 6.45) is 4.75. The molecule has 0 radical (unpaired) electrons. The number of aliphatic hydroxyl groups is 1. The lowest BCUT2D eigenvalue weighted by molar-refractivity contribution is -0.140. The molecule has 1 amide bonds. The zero-order valence-electron chi connectivity index (χ0n) is 14.9. The number of aliphatic hydroxyl groups excluding tert-OH is 1. The number of nitrogens with zero attached hydrogens (tertiary/aromatic N) is 3. The van der Waals surface area contributed by atoms with Crippen LogP contribution in [0.2, 0.25) is 0 Å². The van der Waals surface area contributed by atoms with E-state index in [0.29, 0.717) is 13.1 Å². The Hall–Kier alpha value is -2.66. The minimum atomic E-state index is -0.950. The van der Waals surface area contributed by atoms with E-state index < -0.39 is 6.10 Å². The zero-order valence-corrected chi connectivity index (χ0v) is 14.9. The summed E-state index contributed by atoms with van der Waals surface area (Å²) in [4.78, 5) is 18.8. The van der Waals surface area contributed by atoms with Gasteiger partial charge in [0, 0.05) is 30.9 Å². The fourth-order valence-corrected chi connectivity index (χ4v) is 3.99. The third-order valence-electron chi connectivity index (χ3n) is 5.47. The number of hydrogen-bond acceptors (Lipinski definition) is 3. The Morgan fingerprint density at radius 3 is 2.46 bits per heavy atom. The maximum atomic E-state index is 12.2. The molecule has 1 aromatic carbocycles. The number of carbonyl (C=O) groups excluding carboxylic acids is 1. The monoisotopic (exact) mass is 349 g/mol. The molecule has 0 aliphatic carbocycles. The molecule has 26 heavy (non-hydrogen) atoms. The van der Waals surface area contributed by atoms with Crippen LogP contribution in [0, 0.1) is 0 Å². The molecule has 1 atom stereocenters. The molecule has 0 saturated carbocycles. The normalized spacial score (nSPS) is 18.0. The smallest absolute Gasteiger partial charge is 0.251 e. The van der Waals surface area contributed by atoms with E-state index in [1.54, 1.807) is 4.90 Å². The van der Waals surface area contributed by atoms with Crippen molar-refractivity contribution in [2.24, 2.45) is 0 Å². The summed E-state index contributed by atoms with van der Waals surface area (Å²) in [6, 6.07) is 16.4. The van der Waals surface area contributed by atoms with Crippen molar-refractivity contribution >= 4 is 11.6 Å². The standard InChI is InChI=1S/C21H23N3O2/c1-16(25)20(26)23-13-10-21(11-14-23,17-7-3-2-4-8-17)18-15-24-12-6-5-9-19(24)22-18/h2-9,12,15-16,25H,10-11,13-14H2,1H3. The molecule has 4 rings (SSSR count). The van der Waals surface area contributed by atoms with Gasteiger partial charge in [-0.15, -0.1) is 0 Å². The van der Waals surface area contributed by atoms with Gasteiger partial charge in [-0.25, -0.2) is 4.98 Å². The Kier molecular flexibility index (Phi) is 4.24. The lowest BCUT2D eigenvalue weighted by Crippen LogP contribution is -2.48. The van der Waals surface area contributed by atoms with E-state index >= 15 is 0 Å². The minimum absolute atomic E-state index is 0.193. The van der Waals surface area contributed by atoms with Crippen molar-refractivity contribution in [1.82, 2.24) is 14.3 Å². The quantitative estimate of drug-likeness (QED) is 0.791. The maximum absolute atomic E-state index is 12.2. The highest BCUT2D eigenvalue weighted by Gasteiger charge is 2.41. The first-order valence-corrected chi connectivity index (χ1v) is 9.07. The highest BCUT2D eigenvalue weighted by atomic mass is 16.3. The number of rotatable bonds is 3. The largest absolute Gasteiger partial charge is 0.384 e. The summed E-state index contributed by atoms with van der Waals surface area (Å²) >= 11 is 0. The molecule has 0 bridgehead atoms. The number of amides is 1. The van der Waals surface area contributed by atoms with Gasteiger partial charge in [-0.05, 0) is 37.5 Å². The number of pyridine rings is 1. The molecule has 5 nitrogen and oxygen atoms in total. The molecular weight excluding hydrogens is 326 g/mol. The third kappa shape index (κ3) is 2.78. The number of aromatic nitrogens is 2. The average molecular weight is 349 g/mol. The van der Waals surface area contributed by atoms with Crippen LogP contribution in [-0.2, 0) is 10.2 Å². The van der Waals surface area contributed by atoms with Crippen LogP contribution in [0.5, 0.6) is 0 Å². The Labute approximate surface area is 152 Å². The molecule has 1 fully saturated rings. The van der Waals surface area contributed by atoms with Gasteiger partial charge < -0.3 is 14.4 Å². The van der Waals surface area contributed by atoms with Crippen LogP contribution >= 0.6 is 0 Å². The number of benzene rings is 1. The van der Waals surface area contributed by atoms with Crippen LogP contribution in [0.15, 0.2) is 60.9 Å². The van der Waals surface area contributed by atoms with Crippen molar-refractivity contribution in [3.05, 3.63) is 72.2 Å². The van der Waals surface area contributed by atoms with Crippen molar-refractivity contribution < 1.29 is 9.90 Å². The molecule has 0 spiro atoms. The van der Waals surface area contributed by atoms with Crippen molar-refractivity contribution in [2.75, 3.05) is 13.1 Å². The molecule has 1 unspecified atom stereocenters. The lowest BCUT2D eigenvalue weighted by atomic mass is 9.70. The van der Waals surface area contributed by atoms with Gasteiger partial charge in [0.2, 0.25) is 0 Å². The molecule has 2 aromatic heterocycles. The second-order valence-electron chi connectivity index (χ2n) is 7.04. The molecule has 5 heteroatoms. The first kappa shape index (κ1) is 16.8. The first-order chi connectivity index (χ1) is 12.6. The molecule has 134 valence electrons. The summed E-state index contributed by atoms with van der Waals surface area (Å²) in [6.45, 7) is 2.77. The van der Waals surface area contributed by atoms with E-state index in [4.69, 9.17) is 4.98 Å². The van der Waals surface area contributed by atoms with Crippen LogP contribution in [0.4, 0.5) is 0 Å². The topological polar surface area (TPSA) is 57.8 Å². The number of fused-ring (bicyclic) bond motifs is 1. The summed E-state index contributed by atoms with van der Waals surface area (Å²) in [5.41, 5.74) is 2.98. The van der Waals surface area contributed by atoms with E-state index in [1.165, 1.54) is 12.5 Å². The highest BCUT2D eigenvalue weighted by Crippen LogP contribution is 2.41. The zero-order chi connectivity index (χ0) is 18.1. The van der Waals surface area contributed by atoms with Crippen LogP contribution in [0.1, 0.15) is 31.0 Å². The van der Waals surface area contributed by atoms with Gasteiger partial charge >= 0.3 is 0 Å². The Morgan fingerprint density at radius 1 is 1.12 bits per heavy atom. The summed E-state index contributed by atoms with van der Waals surface area (Å²) < 4.78 is 2.05. The minimum Gasteiger partial charge on any atom is -0.384 e. The summed E-state index contributed by atoms with van der Waals surface area (Å²) in [5.74, 6) is -0.193. The summed E-state index contributed by atoms with van der Waals surface area (Å²) in [5, 5.41) is 9.63. The number of likely N-dealkylation sites (tertiary alicyclic amines) is 1. The number of piperidine rings is 1. The van der Waals surface area contributed by atoms with Gasteiger partial charge in [-0.2, -0.15) is 0 Å². The third-order valence-corrected chi connectivity index (χ3v) is 5.47. The van der Waals surface area contributed by atoms with Crippen LogP contribution in [0.25, 0.3) is 5.65 Å². The van der Waals surface area contributed by atoms with Gasteiger partial charge in [-0.3, -0.25) is 4.79 Å². The number of imidazole rings is 1. The second kappa shape index (κ2) is 6.57. The fraction of sp³-hybridized carbons (Fsp3) is 0.333. The Bertz CT molecular complexity index is 876. The second-order valence-corrected chi connectivity index (χ2v) is 7.04. The van der Waals surface area contributed by atoms with Crippen LogP contribution in [0.3, 0.4) is 0 Å². The number of hydrogen-bond donors (Lipinski definition) is 1. The molecule has 1 aliphatic heterocycles. The average Bonchev–Trinajstić information content (AvgIpc) is 3.13. The number of carbonyl (C=O) groups is 1. The van der Waals surface area contributed by atoms with E-state index in [0.717, 1.165) is 24.2 Å². The van der Waals surface area contributed by atoms with Gasteiger partial charge in [0.15, 0.2) is 0 Å². The molecule has 3 aromatic rings.